The van der Waals surface area contributed by atoms with Crippen LogP contribution in [0, 0.1) is 0 Å². The molecule has 0 radical (unpaired) electrons. The summed E-state index contributed by atoms with van der Waals surface area (Å²) in [5, 5.41) is 13.1. The van der Waals surface area contributed by atoms with E-state index in [1.54, 1.807) is 0 Å². The number of ether oxygens (including phenoxy) is 1. The van der Waals surface area contributed by atoms with Gasteiger partial charge >= 0.3 is 12.2 Å². The van der Waals surface area contributed by atoms with Gasteiger partial charge in [0.1, 0.15) is 29.9 Å². The standard InChI is InChI=1S/C28H29ClF4N6O3/c29-20-8-18(40)9-21(22(20)28(31,32)33)39-7-4-19-23(25(39)41)35-26(36-24(19)37-12-16-2-3-17(13-37)34-16)42-14-27-5-1-6-38(27)11-15(30)10-27/h4,7-9,15-17,34,40H,1-3,5-6,10-14H2/t15-,16-,17+,27+/m1/s1/i6D2. The van der Waals surface area contributed by atoms with Gasteiger partial charge in [-0.15, -0.1) is 0 Å². The number of alkyl halides is 4. The van der Waals surface area contributed by atoms with Crippen LogP contribution in [0.1, 0.15) is 40.4 Å². The number of fused-ring (bicyclic) bond motifs is 4. The average Bonchev–Trinajstić information content (AvgIpc) is 3.55. The first-order valence-corrected chi connectivity index (χ1v) is 14.2. The van der Waals surface area contributed by atoms with E-state index in [1.807, 2.05) is 4.90 Å². The molecule has 9 nitrogen and oxygen atoms in total. The molecule has 42 heavy (non-hydrogen) atoms. The summed E-state index contributed by atoms with van der Waals surface area (Å²) in [6.45, 7) is -0.749. The molecule has 6 heterocycles. The van der Waals surface area contributed by atoms with Crippen molar-refractivity contribution in [3.05, 3.63) is 45.3 Å². The van der Waals surface area contributed by atoms with E-state index in [4.69, 9.17) is 19.1 Å². The maximum absolute atomic E-state index is 14.5. The monoisotopic (exact) mass is 610 g/mol. The molecule has 2 bridgehead atoms. The highest BCUT2D eigenvalue weighted by molar-refractivity contribution is 6.31. The number of nitrogens with one attached hydrogen (secondary N) is 1. The maximum atomic E-state index is 14.5. The van der Waals surface area contributed by atoms with Gasteiger partial charge in [0.25, 0.3) is 5.56 Å². The summed E-state index contributed by atoms with van der Waals surface area (Å²) < 4.78 is 80.1. The summed E-state index contributed by atoms with van der Waals surface area (Å²) in [5.74, 6) is -0.180. The van der Waals surface area contributed by atoms with Gasteiger partial charge in [0.15, 0.2) is 0 Å². The van der Waals surface area contributed by atoms with E-state index in [0.717, 1.165) is 29.5 Å². The molecule has 1 aromatic carbocycles. The van der Waals surface area contributed by atoms with Crippen LogP contribution in [-0.2, 0) is 6.18 Å². The minimum Gasteiger partial charge on any atom is -0.508 e. The van der Waals surface area contributed by atoms with E-state index in [1.165, 1.54) is 17.2 Å². The van der Waals surface area contributed by atoms with E-state index in [2.05, 4.69) is 15.3 Å². The summed E-state index contributed by atoms with van der Waals surface area (Å²) >= 11 is 5.89. The molecule has 2 aromatic heterocycles. The number of hydrogen-bond donors (Lipinski definition) is 2. The molecule has 4 aliphatic heterocycles. The number of phenolic OH excluding ortho intramolecular Hbond substituents is 1. The van der Waals surface area contributed by atoms with E-state index < -0.39 is 52.0 Å². The molecule has 2 N–H and O–H groups in total. The lowest BCUT2D eigenvalue weighted by Gasteiger charge is -2.34. The van der Waals surface area contributed by atoms with Crippen molar-refractivity contribution in [3.63, 3.8) is 0 Å². The molecular formula is C28H29ClF4N6O3. The number of aromatic nitrogens is 3. The zero-order chi connectivity index (χ0) is 31.2. The van der Waals surface area contributed by atoms with Crippen molar-refractivity contribution >= 4 is 28.3 Å². The van der Waals surface area contributed by atoms with Gasteiger partial charge in [-0.25, -0.2) is 4.39 Å². The number of aromatic hydroxyl groups is 1. The Hall–Kier alpha value is -3.16. The molecule has 3 aromatic rings. The fourth-order valence-corrected chi connectivity index (χ4v) is 7.19. The number of anilines is 1. The molecule has 0 amide bonds. The number of nitrogens with zero attached hydrogens (tertiary/aromatic N) is 5. The summed E-state index contributed by atoms with van der Waals surface area (Å²) in [6, 6.07) is 3.19. The van der Waals surface area contributed by atoms with Crippen LogP contribution in [0.25, 0.3) is 16.6 Å². The molecule has 4 atom stereocenters. The fourth-order valence-electron chi connectivity index (χ4n) is 6.88. The van der Waals surface area contributed by atoms with Crippen molar-refractivity contribution in [2.75, 3.05) is 37.6 Å². The SMILES string of the molecule is [2H]C1([2H])CC[C@@]2(COc3nc(N4C[C@H]5CC[C@@H](C4)N5)c4ccn(-c5cc(O)cc(Cl)c5C(F)(F)F)c(=O)c4n3)C[C@@H](F)CN12. The largest absolute Gasteiger partial charge is 0.508 e. The Kier molecular flexibility index (Phi) is 6.01. The number of piperazine rings is 1. The molecule has 4 saturated heterocycles. The molecule has 14 heteroatoms. The highest BCUT2D eigenvalue weighted by Crippen LogP contribution is 2.42. The van der Waals surface area contributed by atoms with Crippen LogP contribution in [0.4, 0.5) is 23.4 Å². The van der Waals surface area contributed by atoms with Gasteiger partial charge in [-0.3, -0.25) is 14.3 Å². The second-order valence-electron chi connectivity index (χ2n) is 11.5. The Bertz CT molecular complexity index is 1700. The van der Waals surface area contributed by atoms with E-state index in [-0.39, 0.29) is 49.6 Å². The van der Waals surface area contributed by atoms with Crippen molar-refractivity contribution in [1.82, 2.24) is 24.8 Å². The minimum atomic E-state index is -4.94. The first kappa shape index (κ1) is 25.3. The summed E-state index contributed by atoms with van der Waals surface area (Å²) in [5.41, 5.74) is -4.01. The van der Waals surface area contributed by atoms with Crippen molar-refractivity contribution in [3.8, 4) is 17.4 Å². The summed E-state index contributed by atoms with van der Waals surface area (Å²) in [7, 11) is 0. The third-order valence-corrected chi connectivity index (χ3v) is 9.05. The van der Waals surface area contributed by atoms with Gasteiger partial charge in [0.05, 0.1) is 27.2 Å². The number of pyridine rings is 1. The van der Waals surface area contributed by atoms with Crippen LogP contribution >= 0.6 is 11.6 Å². The lowest BCUT2D eigenvalue weighted by atomic mass is 9.95. The maximum Gasteiger partial charge on any atom is 0.419 e. The molecule has 0 saturated carbocycles. The second kappa shape index (κ2) is 9.95. The molecule has 4 aliphatic rings. The Balaban J connectivity index is 1.35. The Morgan fingerprint density at radius 3 is 2.71 bits per heavy atom. The Labute approximate surface area is 245 Å². The minimum absolute atomic E-state index is 0.0670. The van der Waals surface area contributed by atoms with Gasteiger partial charge in [0, 0.05) is 53.1 Å². The van der Waals surface area contributed by atoms with Crippen molar-refractivity contribution < 1.29 is 30.1 Å². The van der Waals surface area contributed by atoms with Crippen LogP contribution in [-0.4, -0.2) is 81.1 Å². The number of hydrogen-bond acceptors (Lipinski definition) is 8. The van der Waals surface area contributed by atoms with Gasteiger partial charge < -0.3 is 20.1 Å². The first-order valence-electron chi connectivity index (χ1n) is 14.8. The van der Waals surface area contributed by atoms with Crippen LogP contribution < -0.4 is 20.5 Å². The molecule has 0 aliphatic carbocycles. The summed E-state index contributed by atoms with van der Waals surface area (Å²) in [4.78, 5) is 26.4. The zero-order valence-electron chi connectivity index (χ0n) is 24.3. The lowest BCUT2D eigenvalue weighted by molar-refractivity contribution is -0.137. The Morgan fingerprint density at radius 1 is 1.21 bits per heavy atom. The fraction of sp³-hybridized carbons (Fsp3) is 0.536. The van der Waals surface area contributed by atoms with Crippen molar-refractivity contribution in [2.24, 2.45) is 0 Å². The third kappa shape index (κ3) is 4.65. The predicted molar refractivity (Wildman–Crippen MR) is 148 cm³/mol. The predicted octanol–water partition coefficient (Wildman–Crippen LogP) is 4.05. The van der Waals surface area contributed by atoms with Gasteiger partial charge in [0.2, 0.25) is 0 Å². The van der Waals surface area contributed by atoms with Crippen molar-refractivity contribution in [1.29, 1.82) is 0 Å². The molecule has 0 spiro atoms. The van der Waals surface area contributed by atoms with E-state index in [9.17, 15) is 27.5 Å². The van der Waals surface area contributed by atoms with E-state index in [0.29, 0.717) is 30.7 Å². The number of benzene rings is 1. The average molecular weight is 611 g/mol. The van der Waals surface area contributed by atoms with Crippen molar-refractivity contribution in [2.45, 2.75) is 62.1 Å². The highest BCUT2D eigenvalue weighted by Gasteiger charge is 2.49. The molecule has 224 valence electrons. The Morgan fingerprint density at radius 2 is 1.98 bits per heavy atom. The lowest BCUT2D eigenvalue weighted by Crippen LogP contribution is -2.51. The molecular weight excluding hydrogens is 580 g/mol. The number of halogens is 5. The zero-order valence-corrected chi connectivity index (χ0v) is 23.1. The van der Waals surface area contributed by atoms with Crippen LogP contribution in [0.2, 0.25) is 5.02 Å². The topological polar surface area (TPSA) is 95.8 Å². The van der Waals surface area contributed by atoms with Gasteiger partial charge in [-0.1, -0.05) is 11.6 Å². The number of phenols is 1. The van der Waals surface area contributed by atoms with Crippen LogP contribution in [0.3, 0.4) is 0 Å². The molecule has 7 rings (SSSR count). The quantitative estimate of drug-likeness (QED) is 0.418. The van der Waals surface area contributed by atoms with Crippen LogP contribution in [0.5, 0.6) is 11.8 Å². The highest BCUT2D eigenvalue weighted by atomic mass is 35.5. The number of rotatable bonds is 5. The first-order chi connectivity index (χ1) is 20.7. The van der Waals surface area contributed by atoms with Crippen LogP contribution in [0.15, 0.2) is 29.2 Å². The smallest absolute Gasteiger partial charge is 0.419 e. The summed E-state index contributed by atoms with van der Waals surface area (Å²) in [6.07, 6.45) is -2.45. The third-order valence-electron chi connectivity index (χ3n) is 8.75. The van der Waals surface area contributed by atoms with E-state index >= 15 is 0 Å². The molecule has 4 fully saturated rings. The van der Waals surface area contributed by atoms with Gasteiger partial charge in [-0.05, 0) is 44.3 Å². The normalized spacial score (nSPS) is 29.5. The molecule has 0 unspecified atom stereocenters. The van der Waals surface area contributed by atoms with Gasteiger partial charge in [-0.2, -0.15) is 23.1 Å². The second-order valence-corrected chi connectivity index (χ2v) is 11.9.